The minimum atomic E-state index is -5.01. The number of aliphatic hydroxyl groups excluding tert-OH is 1. The third-order valence-corrected chi connectivity index (χ3v) is 17.8. The molecule has 0 heterocycles. The number of phosphoric acid groups is 2. The van der Waals surface area contributed by atoms with Crippen LogP contribution < -0.4 is 0 Å². The quantitative estimate of drug-likeness (QED) is 0.0169. The SMILES string of the molecule is CC/C=C\C/C=C\C/C=C\C/C=C\C/C=C\CCCCCC(=O)OCC(COP(=O)(O)OCC(O)COP(=O)(O)OCC(COC(=O)C/C=C\C/C=C\C/C=C\C/C=C\C/C=C\CC)OC(=O)CCCCCCC/C=C\CCCCCCCC)OC(=O)CCCCCC/C=C\C/C=C\C/C=C\C/C=C\CC. The first-order valence-electron chi connectivity index (χ1n) is 40.0. The molecular weight excluding hydrogens is 1380 g/mol. The van der Waals surface area contributed by atoms with Crippen molar-refractivity contribution in [1.82, 2.24) is 0 Å². The summed E-state index contributed by atoms with van der Waals surface area (Å²) >= 11 is 0. The lowest BCUT2D eigenvalue weighted by Gasteiger charge is -2.21. The highest BCUT2D eigenvalue weighted by Crippen LogP contribution is 2.45. The van der Waals surface area contributed by atoms with Crippen molar-refractivity contribution in [3.8, 4) is 0 Å². The Balaban J connectivity index is 5.51. The molecule has 0 aromatic heterocycles. The molecular formula is C87H140O17P2. The summed E-state index contributed by atoms with van der Waals surface area (Å²) in [6, 6.07) is 0. The Morgan fingerprint density at radius 2 is 0.528 bits per heavy atom. The first-order chi connectivity index (χ1) is 51.7. The Bertz CT molecular complexity index is 2730. The first-order valence-corrected chi connectivity index (χ1v) is 43.0. The van der Waals surface area contributed by atoms with Crippen molar-refractivity contribution < 1.29 is 80.2 Å². The summed E-state index contributed by atoms with van der Waals surface area (Å²) in [5.41, 5.74) is 0. The molecule has 0 saturated heterocycles. The Kier molecular flexibility index (Phi) is 73.1. The van der Waals surface area contributed by atoms with Gasteiger partial charge in [-0.3, -0.25) is 37.3 Å². The van der Waals surface area contributed by atoms with Gasteiger partial charge in [-0.2, -0.15) is 0 Å². The first kappa shape index (κ1) is 100. The van der Waals surface area contributed by atoms with Crippen LogP contribution in [0.5, 0.6) is 0 Å². The maximum atomic E-state index is 13.1. The molecule has 0 rings (SSSR count). The molecule has 0 saturated carbocycles. The van der Waals surface area contributed by atoms with E-state index in [9.17, 15) is 43.2 Å². The Morgan fingerprint density at radius 3 is 0.858 bits per heavy atom. The lowest BCUT2D eigenvalue weighted by molar-refractivity contribution is -0.161. The van der Waals surface area contributed by atoms with Gasteiger partial charge in [0.2, 0.25) is 0 Å². The summed E-state index contributed by atoms with van der Waals surface area (Å²) in [6.45, 7) is 4.32. The van der Waals surface area contributed by atoms with E-state index in [1.165, 1.54) is 38.5 Å². The second kappa shape index (κ2) is 77.3. The molecule has 106 heavy (non-hydrogen) atoms. The van der Waals surface area contributed by atoms with Gasteiger partial charge in [-0.15, -0.1) is 0 Å². The zero-order valence-electron chi connectivity index (χ0n) is 65.5. The number of rotatable bonds is 73. The molecule has 5 unspecified atom stereocenters. The summed E-state index contributed by atoms with van der Waals surface area (Å²) in [7, 11) is -10.0. The van der Waals surface area contributed by atoms with Gasteiger partial charge >= 0.3 is 39.5 Å². The van der Waals surface area contributed by atoms with Crippen molar-refractivity contribution in [1.29, 1.82) is 0 Å². The molecule has 0 fully saturated rings. The molecule has 0 bridgehead atoms. The van der Waals surface area contributed by atoms with Crippen LogP contribution in [-0.2, 0) is 65.4 Å². The van der Waals surface area contributed by atoms with Crippen LogP contribution in [0.15, 0.2) is 182 Å². The number of unbranched alkanes of at least 4 members (excludes halogenated alkanes) is 18. The van der Waals surface area contributed by atoms with Gasteiger partial charge in [-0.25, -0.2) is 9.13 Å². The van der Waals surface area contributed by atoms with Gasteiger partial charge < -0.3 is 33.8 Å². The van der Waals surface area contributed by atoms with Gasteiger partial charge in [0.1, 0.15) is 19.3 Å². The minimum absolute atomic E-state index is 0.0497. The van der Waals surface area contributed by atoms with E-state index in [4.69, 9.17) is 37.0 Å². The Labute approximate surface area is 641 Å². The standard InChI is InChI=1S/C87H140O17P2/c1-5-9-13-17-21-25-29-33-37-39-40-42-45-48-52-56-60-64-68-72-85(90)98-78-83(104-87(92)74-70-66-62-58-54-50-46-41-38-34-30-26-22-18-14-10-6-2)80-102-106(95,96)100-76-81(88)75-99-105(93,94)101-79-82(103-86(91)73-69-65-61-57-53-49-44-36-32-28-24-20-16-12-8-4)77-97-84(89)71-67-63-59-55-51-47-43-35-31-27-23-19-15-11-7-3/h9-11,13-15,21-23,25-27,33-38,40,42-44,46,48,50-52,55,63,67,81-83,88H,5-8,12,16-20,24,28-32,39,41,45,47,49,53-54,56-62,64-66,68-80H2,1-4H3,(H,93,94)(H,95,96)/b13-9-,14-10-,15-11-,25-21-,26-22-,27-23-,37-33-,38-34-,42-40-,43-35-,44-36-,50-46-,52-48-,55-51-,67-63-. The molecule has 0 aliphatic carbocycles. The second-order valence-electron chi connectivity index (χ2n) is 25.9. The zero-order chi connectivity index (χ0) is 77.4. The monoisotopic (exact) mass is 1520 g/mol. The second-order valence-corrected chi connectivity index (χ2v) is 28.8. The van der Waals surface area contributed by atoms with E-state index >= 15 is 0 Å². The normalized spacial score (nSPS) is 14.8. The number of hydrogen-bond acceptors (Lipinski definition) is 15. The molecule has 5 atom stereocenters. The highest BCUT2D eigenvalue weighted by Gasteiger charge is 2.30. The highest BCUT2D eigenvalue weighted by atomic mass is 31.2. The molecule has 0 amide bonds. The van der Waals surface area contributed by atoms with Crippen LogP contribution in [-0.4, -0.2) is 96.7 Å². The fourth-order valence-corrected chi connectivity index (χ4v) is 11.5. The van der Waals surface area contributed by atoms with E-state index in [1.807, 2.05) is 18.2 Å². The average molecular weight is 1520 g/mol. The van der Waals surface area contributed by atoms with Gasteiger partial charge in [-0.1, -0.05) is 281 Å². The van der Waals surface area contributed by atoms with E-state index in [0.717, 1.165) is 167 Å². The minimum Gasteiger partial charge on any atom is -0.462 e. The van der Waals surface area contributed by atoms with Crippen molar-refractivity contribution >= 4 is 39.5 Å². The number of carbonyl (C=O) groups is 4. The van der Waals surface area contributed by atoms with Crippen molar-refractivity contribution in [2.45, 2.75) is 303 Å². The number of hydrogen-bond donors (Lipinski definition) is 3. The summed E-state index contributed by atoms with van der Waals surface area (Å²) in [5.74, 6) is -2.41. The molecule has 3 N–H and O–H groups in total. The highest BCUT2D eigenvalue weighted by molar-refractivity contribution is 7.47. The zero-order valence-corrected chi connectivity index (χ0v) is 67.3. The number of allylic oxidation sites excluding steroid dienone is 29. The molecule has 17 nitrogen and oxygen atoms in total. The van der Waals surface area contributed by atoms with Crippen LogP contribution >= 0.6 is 15.6 Å². The van der Waals surface area contributed by atoms with E-state index < -0.39 is 97.5 Å². The summed E-state index contributed by atoms with van der Waals surface area (Å²) in [4.78, 5) is 73.0. The number of phosphoric ester groups is 2. The maximum absolute atomic E-state index is 13.1. The van der Waals surface area contributed by atoms with Gasteiger partial charge in [0.25, 0.3) is 0 Å². The van der Waals surface area contributed by atoms with Gasteiger partial charge in [0.15, 0.2) is 12.2 Å². The van der Waals surface area contributed by atoms with E-state index in [-0.39, 0.29) is 25.7 Å². The predicted octanol–water partition coefficient (Wildman–Crippen LogP) is 23.6. The lowest BCUT2D eigenvalue weighted by atomic mass is 10.1. The van der Waals surface area contributed by atoms with E-state index in [0.29, 0.717) is 25.7 Å². The third-order valence-electron chi connectivity index (χ3n) is 15.9. The van der Waals surface area contributed by atoms with Gasteiger partial charge in [0.05, 0.1) is 32.8 Å². The number of carbonyl (C=O) groups excluding carboxylic acids is 4. The molecule has 0 spiro atoms. The Morgan fingerprint density at radius 1 is 0.283 bits per heavy atom. The van der Waals surface area contributed by atoms with Crippen LogP contribution in [0, 0.1) is 0 Å². The van der Waals surface area contributed by atoms with E-state index in [1.54, 1.807) is 6.08 Å². The number of ether oxygens (including phenoxy) is 4. The summed E-state index contributed by atoms with van der Waals surface area (Å²) in [5, 5.41) is 10.6. The fourth-order valence-electron chi connectivity index (χ4n) is 9.89. The number of aliphatic hydroxyl groups is 1. The van der Waals surface area contributed by atoms with Crippen LogP contribution in [0.3, 0.4) is 0 Å². The van der Waals surface area contributed by atoms with Crippen molar-refractivity contribution in [2.24, 2.45) is 0 Å². The van der Waals surface area contributed by atoms with E-state index in [2.05, 4.69) is 186 Å². The van der Waals surface area contributed by atoms with Crippen LogP contribution in [0.4, 0.5) is 0 Å². The smallest absolute Gasteiger partial charge is 0.462 e. The molecule has 600 valence electrons. The molecule has 19 heteroatoms. The van der Waals surface area contributed by atoms with Crippen LogP contribution in [0.1, 0.15) is 285 Å². The van der Waals surface area contributed by atoms with Gasteiger partial charge in [0, 0.05) is 19.3 Å². The van der Waals surface area contributed by atoms with Gasteiger partial charge in [-0.05, 0) is 161 Å². The molecule has 0 aromatic rings. The summed E-state index contributed by atoms with van der Waals surface area (Å²) in [6.07, 6.45) is 93.3. The average Bonchev–Trinajstić information content (AvgIpc) is 0.902. The van der Waals surface area contributed by atoms with Crippen LogP contribution in [0.25, 0.3) is 0 Å². The lowest BCUT2D eigenvalue weighted by Crippen LogP contribution is -2.30. The molecule has 0 aliphatic rings. The number of esters is 4. The topological polar surface area (TPSA) is 237 Å². The van der Waals surface area contributed by atoms with Crippen LogP contribution in [0.2, 0.25) is 0 Å². The van der Waals surface area contributed by atoms with Crippen molar-refractivity contribution in [3.05, 3.63) is 182 Å². The van der Waals surface area contributed by atoms with Crippen molar-refractivity contribution in [3.63, 3.8) is 0 Å². The molecule has 0 radical (unpaired) electrons. The maximum Gasteiger partial charge on any atom is 0.472 e. The molecule has 0 aliphatic heterocycles. The largest absolute Gasteiger partial charge is 0.472 e. The molecule has 0 aromatic carbocycles. The Hall–Kier alpha value is -5.84. The summed E-state index contributed by atoms with van der Waals surface area (Å²) < 4.78 is 68.5. The third kappa shape index (κ3) is 76.4. The van der Waals surface area contributed by atoms with Crippen molar-refractivity contribution in [2.75, 3.05) is 39.6 Å². The predicted molar refractivity (Wildman–Crippen MR) is 436 cm³/mol. The fraction of sp³-hybridized carbons (Fsp3) is 0.609.